The van der Waals surface area contributed by atoms with Crippen molar-refractivity contribution in [3.63, 3.8) is 0 Å². The minimum Gasteiger partial charge on any atom is -0.394 e. The zero-order chi connectivity index (χ0) is 21.0. The highest BCUT2D eigenvalue weighted by molar-refractivity contribution is 5.78. The van der Waals surface area contributed by atoms with Gasteiger partial charge in [0.1, 0.15) is 0 Å². The molecule has 2 aromatic rings. The van der Waals surface area contributed by atoms with E-state index in [2.05, 4.69) is 36.4 Å². The summed E-state index contributed by atoms with van der Waals surface area (Å²) in [4.78, 5) is 28.0. The molecule has 0 aromatic heterocycles. The summed E-state index contributed by atoms with van der Waals surface area (Å²) < 4.78 is 0. The van der Waals surface area contributed by atoms with E-state index in [0.717, 1.165) is 16.7 Å². The molecule has 0 bridgehead atoms. The molecule has 3 rings (SSSR count). The fraction of sp³-hybridized carbons (Fsp3) is 0.417. The van der Waals surface area contributed by atoms with Crippen molar-refractivity contribution < 1.29 is 14.7 Å². The molecule has 0 spiro atoms. The fourth-order valence-electron chi connectivity index (χ4n) is 4.45. The van der Waals surface area contributed by atoms with Gasteiger partial charge in [0.15, 0.2) is 0 Å². The second-order valence-electron chi connectivity index (χ2n) is 7.54. The maximum atomic E-state index is 12.3. The van der Waals surface area contributed by atoms with Crippen LogP contribution in [-0.2, 0) is 9.59 Å². The summed E-state index contributed by atoms with van der Waals surface area (Å²) in [5, 5.41) is 9.96. The van der Waals surface area contributed by atoms with Gasteiger partial charge >= 0.3 is 0 Å². The van der Waals surface area contributed by atoms with Crippen LogP contribution in [0.25, 0.3) is 11.1 Å². The van der Waals surface area contributed by atoms with Crippen molar-refractivity contribution in [2.45, 2.75) is 45.2 Å². The number of aliphatic hydroxyl groups is 1. The van der Waals surface area contributed by atoms with Crippen LogP contribution < -0.4 is 0 Å². The van der Waals surface area contributed by atoms with E-state index in [-0.39, 0.29) is 36.4 Å². The van der Waals surface area contributed by atoms with Crippen LogP contribution in [0.4, 0.5) is 0 Å². The zero-order valence-corrected chi connectivity index (χ0v) is 17.4. The lowest BCUT2D eigenvalue weighted by Gasteiger charge is -2.55. The van der Waals surface area contributed by atoms with Crippen molar-refractivity contribution in [1.82, 2.24) is 9.80 Å². The van der Waals surface area contributed by atoms with Crippen molar-refractivity contribution in [1.29, 1.82) is 0 Å². The average molecular weight is 395 g/mol. The zero-order valence-electron chi connectivity index (χ0n) is 17.4. The Morgan fingerprint density at radius 3 is 2.10 bits per heavy atom. The van der Waals surface area contributed by atoms with E-state index in [1.54, 1.807) is 9.80 Å². The van der Waals surface area contributed by atoms with Crippen LogP contribution in [0.3, 0.4) is 0 Å². The van der Waals surface area contributed by atoms with Crippen molar-refractivity contribution >= 4 is 11.8 Å². The van der Waals surface area contributed by atoms with Crippen molar-refractivity contribution in [3.8, 4) is 11.1 Å². The predicted octanol–water partition coefficient (Wildman–Crippen LogP) is 3.29. The molecule has 2 aromatic carbocycles. The van der Waals surface area contributed by atoms with Gasteiger partial charge in [0.05, 0.1) is 18.7 Å². The van der Waals surface area contributed by atoms with Gasteiger partial charge in [0.25, 0.3) is 0 Å². The van der Waals surface area contributed by atoms with E-state index in [0.29, 0.717) is 19.5 Å². The highest BCUT2D eigenvalue weighted by Gasteiger charge is 2.50. The van der Waals surface area contributed by atoms with Crippen LogP contribution in [-0.4, -0.2) is 58.5 Å². The molecular formula is C24H30N2O3. The molecule has 3 atom stereocenters. The van der Waals surface area contributed by atoms with Crippen LogP contribution in [0, 0.1) is 0 Å². The number of likely N-dealkylation sites (N-methyl/N-ethyl adjacent to an activating group) is 1. The van der Waals surface area contributed by atoms with E-state index in [4.69, 9.17) is 0 Å². The molecule has 5 nitrogen and oxygen atoms in total. The van der Waals surface area contributed by atoms with Crippen molar-refractivity contribution in [2.24, 2.45) is 0 Å². The Bertz CT molecular complexity index is 835. The van der Waals surface area contributed by atoms with Crippen molar-refractivity contribution in [2.75, 3.05) is 19.7 Å². The second-order valence-corrected chi connectivity index (χ2v) is 7.54. The molecular weight excluding hydrogens is 364 g/mol. The summed E-state index contributed by atoms with van der Waals surface area (Å²) in [5.41, 5.74) is 3.37. The van der Waals surface area contributed by atoms with E-state index < -0.39 is 0 Å². The number of hydrogen-bond acceptors (Lipinski definition) is 3. The number of hydrogen-bond donors (Lipinski definition) is 1. The molecule has 1 aliphatic rings. The molecule has 0 unspecified atom stereocenters. The van der Waals surface area contributed by atoms with Gasteiger partial charge in [-0.15, -0.1) is 0 Å². The molecule has 29 heavy (non-hydrogen) atoms. The third-order valence-electron chi connectivity index (χ3n) is 5.94. The largest absolute Gasteiger partial charge is 0.394 e. The Balaban J connectivity index is 1.87. The van der Waals surface area contributed by atoms with Gasteiger partial charge in [-0.05, 0) is 23.6 Å². The maximum Gasteiger partial charge on any atom is 0.222 e. The molecule has 1 saturated heterocycles. The van der Waals surface area contributed by atoms with Gasteiger partial charge in [-0.2, -0.15) is 0 Å². The molecule has 2 amide bonds. The number of benzene rings is 2. The lowest BCUT2D eigenvalue weighted by Crippen LogP contribution is -2.68. The monoisotopic (exact) mass is 394 g/mol. The normalized spacial score (nSPS) is 20.8. The SMILES string of the molecule is CCC(=O)N(CC)C[C@@H]1[C@@H](c2ccc(-c3ccccc3)cc2)[C@@H](CO)N1C(C)=O. The second kappa shape index (κ2) is 9.23. The molecule has 1 aliphatic heterocycles. The molecule has 5 heteroatoms. The van der Waals surface area contributed by atoms with E-state index in [1.807, 2.05) is 32.0 Å². The first-order valence-corrected chi connectivity index (χ1v) is 10.3. The highest BCUT2D eigenvalue weighted by Crippen LogP contribution is 2.41. The first-order valence-electron chi connectivity index (χ1n) is 10.3. The first kappa shape index (κ1) is 21.1. The lowest BCUT2D eigenvalue weighted by molar-refractivity contribution is -0.152. The molecule has 1 fully saturated rings. The Kier molecular flexibility index (Phi) is 6.70. The number of rotatable bonds is 7. The average Bonchev–Trinajstić information content (AvgIpc) is 2.73. The van der Waals surface area contributed by atoms with Gasteiger partial charge in [0, 0.05) is 32.4 Å². The van der Waals surface area contributed by atoms with Crippen LogP contribution in [0.5, 0.6) is 0 Å². The summed E-state index contributed by atoms with van der Waals surface area (Å²) in [6, 6.07) is 18.1. The van der Waals surface area contributed by atoms with Gasteiger partial charge in [-0.25, -0.2) is 0 Å². The summed E-state index contributed by atoms with van der Waals surface area (Å²) in [5.74, 6) is 0.0280. The first-order chi connectivity index (χ1) is 14.0. The minimum absolute atomic E-state index is 0.00688. The number of aliphatic hydroxyl groups excluding tert-OH is 1. The molecule has 154 valence electrons. The number of carbonyl (C=O) groups excluding carboxylic acids is 2. The van der Waals surface area contributed by atoms with Crippen LogP contribution >= 0.6 is 0 Å². The summed E-state index contributed by atoms with van der Waals surface area (Å²) in [7, 11) is 0. The van der Waals surface area contributed by atoms with Crippen LogP contribution in [0.2, 0.25) is 0 Å². The third kappa shape index (κ3) is 4.20. The Hall–Kier alpha value is -2.66. The summed E-state index contributed by atoms with van der Waals surface area (Å²) in [6.07, 6.45) is 0.445. The third-order valence-corrected chi connectivity index (χ3v) is 5.94. The smallest absolute Gasteiger partial charge is 0.222 e. The minimum atomic E-state index is -0.254. The van der Waals surface area contributed by atoms with Gasteiger partial charge in [0.2, 0.25) is 11.8 Å². The van der Waals surface area contributed by atoms with Crippen LogP contribution in [0.1, 0.15) is 38.7 Å². The number of likely N-dealkylation sites (tertiary alicyclic amines) is 1. The maximum absolute atomic E-state index is 12.3. The number of carbonyl (C=O) groups is 2. The molecule has 1 N–H and O–H groups in total. The predicted molar refractivity (Wildman–Crippen MR) is 114 cm³/mol. The standard InChI is InChI=1S/C24H30N2O3/c1-4-23(29)25(5-2)15-21-24(22(16-27)26(21)17(3)28)20-13-11-19(12-14-20)18-9-7-6-8-10-18/h6-14,21-22,24,27H,4-5,15-16H2,1-3H3/t21-,22-,24-/m1/s1. The quantitative estimate of drug-likeness (QED) is 0.784. The Morgan fingerprint density at radius 1 is 0.966 bits per heavy atom. The summed E-state index contributed by atoms with van der Waals surface area (Å²) in [6.45, 7) is 6.35. The van der Waals surface area contributed by atoms with Crippen LogP contribution in [0.15, 0.2) is 54.6 Å². The molecule has 1 heterocycles. The molecule has 0 radical (unpaired) electrons. The lowest BCUT2D eigenvalue weighted by atomic mass is 9.74. The van der Waals surface area contributed by atoms with E-state index >= 15 is 0 Å². The van der Waals surface area contributed by atoms with Crippen molar-refractivity contribution in [3.05, 3.63) is 60.2 Å². The fourth-order valence-corrected chi connectivity index (χ4v) is 4.45. The highest BCUT2D eigenvalue weighted by atomic mass is 16.3. The van der Waals surface area contributed by atoms with E-state index in [1.165, 1.54) is 6.92 Å². The molecule has 0 aliphatic carbocycles. The number of nitrogens with zero attached hydrogens (tertiary/aromatic N) is 2. The number of amides is 2. The Morgan fingerprint density at radius 2 is 1.59 bits per heavy atom. The molecule has 0 saturated carbocycles. The van der Waals surface area contributed by atoms with Gasteiger partial charge < -0.3 is 14.9 Å². The van der Waals surface area contributed by atoms with Gasteiger partial charge in [-0.1, -0.05) is 61.5 Å². The van der Waals surface area contributed by atoms with E-state index in [9.17, 15) is 14.7 Å². The Labute approximate surface area is 172 Å². The topological polar surface area (TPSA) is 60.9 Å². The summed E-state index contributed by atoms with van der Waals surface area (Å²) >= 11 is 0. The van der Waals surface area contributed by atoms with Gasteiger partial charge in [-0.3, -0.25) is 9.59 Å².